The number of anilines is 1. The number of rotatable bonds is 3. The van der Waals surface area contributed by atoms with Gasteiger partial charge in [-0.05, 0) is 79.1 Å². The molecule has 0 radical (unpaired) electrons. The number of nitrogen functional groups attached to an aromatic ring is 1. The van der Waals surface area contributed by atoms with Crippen LogP contribution in [-0.2, 0) is 6.42 Å². The molecule has 2 unspecified atom stereocenters. The molecule has 6 rings (SSSR count). The predicted octanol–water partition coefficient (Wildman–Crippen LogP) is 5.59. The third-order valence-corrected chi connectivity index (χ3v) is 8.39. The first-order valence-corrected chi connectivity index (χ1v) is 13.5. The molecule has 2 aliphatic rings. The van der Waals surface area contributed by atoms with Crippen LogP contribution in [-0.4, -0.2) is 59.9 Å². The van der Waals surface area contributed by atoms with Gasteiger partial charge in [0, 0.05) is 54.1 Å². The second-order valence-electron chi connectivity index (χ2n) is 10.8. The molecule has 3 aromatic carbocycles. The van der Waals surface area contributed by atoms with E-state index in [2.05, 4.69) is 29.9 Å². The number of aromatic nitrogens is 1. The average Bonchev–Trinajstić information content (AvgIpc) is 3.27. The fraction of sp³-hybridized carbons (Fsp3) is 0.355. The Bertz CT molecular complexity index is 1530. The molecule has 1 amide bonds. The van der Waals surface area contributed by atoms with Crippen LogP contribution < -0.4 is 10.5 Å². The summed E-state index contributed by atoms with van der Waals surface area (Å²) in [7, 11) is 2.06. The van der Waals surface area contributed by atoms with Gasteiger partial charge in [-0.3, -0.25) is 4.79 Å². The van der Waals surface area contributed by atoms with Crippen LogP contribution in [0, 0.1) is 5.92 Å². The van der Waals surface area contributed by atoms with E-state index in [4.69, 9.17) is 10.5 Å². The summed E-state index contributed by atoms with van der Waals surface area (Å²) >= 11 is 0. The van der Waals surface area contributed by atoms with Gasteiger partial charge in [-0.1, -0.05) is 31.2 Å². The summed E-state index contributed by atoms with van der Waals surface area (Å²) in [6, 6.07) is 17.7. The molecular formula is C31H34N4O3. The van der Waals surface area contributed by atoms with E-state index in [0.29, 0.717) is 30.2 Å². The van der Waals surface area contributed by atoms with Crippen molar-refractivity contribution in [2.75, 3.05) is 39.0 Å². The van der Waals surface area contributed by atoms with Crippen molar-refractivity contribution in [2.45, 2.75) is 32.1 Å². The number of aryl methyl sites for hydroxylation is 1. The van der Waals surface area contributed by atoms with E-state index in [-0.39, 0.29) is 23.7 Å². The zero-order valence-electron chi connectivity index (χ0n) is 22.0. The molecule has 0 saturated carbocycles. The molecule has 7 nitrogen and oxygen atoms in total. The lowest BCUT2D eigenvalue weighted by Gasteiger charge is -2.31. The monoisotopic (exact) mass is 510 g/mol. The minimum atomic E-state index is -0.311. The highest BCUT2D eigenvalue weighted by Crippen LogP contribution is 2.43. The van der Waals surface area contributed by atoms with Gasteiger partial charge in [0.05, 0.1) is 5.69 Å². The Morgan fingerprint density at radius 2 is 1.76 bits per heavy atom. The number of carbonyl (C=O) groups excluding carboxylic acids is 2. The molecule has 2 heterocycles. The van der Waals surface area contributed by atoms with Crippen LogP contribution in [0.1, 0.15) is 47.3 Å². The Morgan fingerprint density at radius 1 is 1.00 bits per heavy atom. The van der Waals surface area contributed by atoms with Crippen LogP contribution in [0.15, 0.2) is 54.6 Å². The van der Waals surface area contributed by atoms with Crippen molar-refractivity contribution in [3.8, 4) is 5.75 Å². The van der Waals surface area contributed by atoms with E-state index in [0.717, 1.165) is 59.6 Å². The first-order valence-electron chi connectivity index (χ1n) is 13.5. The number of piperazine rings is 1. The van der Waals surface area contributed by atoms with Gasteiger partial charge in [-0.25, -0.2) is 4.79 Å². The maximum Gasteiger partial charge on any atom is 0.415 e. The first-order chi connectivity index (χ1) is 18.4. The highest BCUT2D eigenvalue weighted by molar-refractivity contribution is 6.02. The van der Waals surface area contributed by atoms with Gasteiger partial charge >= 0.3 is 6.09 Å². The van der Waals surface area contributed by atoms with Crippen LogP contribution >= 0.6 is 0 Å². The van der Waals surface area contributed by atoms with Crippen LogP contribution in [0.3, 0.4) is 0 Å². The predicted molar refractivity (Wildman–Crippen MR) is 151 cm³/mol. The Labute approximate surface area is 222 Å². The number of Topliss-reactive ketones (excluding diaryl/α,β-unsaturated/α-hetero) is 1. The SMILES string of the molecule is CC1c2cc(OC(=O)N3CCN(C)CC3)c3ccccc3c2CCCC1C(=O)c1cc2cc(N)ccc2[nH]1. The van der Waals surface area contributed by atoms with E-state index >= 15 is 0 Å². The minimum absolute atomic E-state index is 0.0258. The lowest BCUT2D eigenvalue weighted by Crippen LogP contribution is -2.48. The second kappa shape index (κ2) is 9.80. The second-order valence-corrected chi connectivity index (χ2v) is 10.8. The molecule has 196 valence electrons. The molecule has 1 aliphatic heterocycles. The molecule has 2 atom stereocenters. The number of nitrogens with two attached hydrogens (primary N) is 1. The highest BCUT2D eigenvalue weighted by atomic mass is 16.6. The van der Waals surface area contributed by atoms with Gasteiger partial charge in [-0.2, -0.15) is 0 Å². The van der Waals surface area contributed by atoms with Crippen molar-refractivity contribution in [1.29, 1.82) is 0 Å². The molecule has 1 fully saturated rings. The third kappa shape index (κ3) is 4.41. The van der Waals surface area contributed by atoms with Crippen LogP contribution in [0.4, 0.5) is 10.5 Å². The number of hydrogen-bond donors (Lipinski definition) is 2. The summed E-state index contributed by atoms with van der Waals surface area (Å²) in [6.07, 6.45) is 2.30. The van der Waals surface area contributed by atoms with Gasteiger partial charge in [0.1, 0.15) is 5.75 Å². The number of likely N-dealkylation sites (N-methyl/N-ethyl adjacent to an activating group) is 1. The van der Waals surface area contributed by atoms with E-state index < -0.39 is 0 Å². The molecule has 1 aliphatic carbocycles. The number of aromatic amines is 1. The number of carbonyl (C=O) groups is 2. The van der Waals surface area contributed by atoms with Crippen molar-refractivity contribution < 1.29 is 14.3 Å². The van der Waals surface area contributed by atoms with Gasteiger partial charge in [0.25, 0.3) is 0 Å². The van der Waals surface area contributed by atoms with E-state index in [1.54, 1.807) is 4.90 Å². The van der Waals surface area contributed by atoms with E-state index in [1.807, 2.05) is 48.5 Å². The van der Waals surface area contributed by atoms with Crippen LogP contribution in [0.25, 0.3) is 21.7 Å². The van der Waals surface area contributed by atoms with Crippen molar-refractivity contribution in [3.05, 3.63) is 71.4 Å². The summed E-state index contributed by atoms with van der Waals surface area (Å²) < 4.78 is 6.05. The summed E-state index contributed by atoms with van der Waals surface area (Å²) in [6.45, 7) is 5.11. The first kappa shape index (κ1) is 24.5. The topological polar surface area (TPSA) is 91.7 Å². The Kier molecular flexibility index (Phi) is 6.32. The molecular weight excluding hydrogens is 476 g/mol. The van der Waals surface area contributed by atoms with Crippen LogP contribution in [0.5, 0.6) is 5.75 Å². The number of hydrogen-bond acceptors (Lipinski definition) is 5. The Morgan fingerprint density at radius 3 is 2.55 bits per heavy atom. The molecule has 38 heavy (non-hydrogen) atoms. The number of benzene rings is 3. The maximum atomic E-state index is 13.8. The van der Waals surface area contributed by atoms with Crippen molar-refractivity contribution in [3.63, 3.8) is 0 Å². The maximum absolute atomic E-state index is 13.8. The third-order valence-electron chi connectivity index (χ3n) is 8.39. The normalized spacial score (nSPS) is 20.3. The fourth-order valence-corrected chi connectivity index (χ4v) is 6.15. The minimum Gasteiger partial charge on any atom is -0.410 e. The van der Waals surface area contributed by atoms with Crippen molar-refractivity contribution >= 4 is 39.2 Å². The average molecular weight is 511 g/mol. The van der Waals surface area contributed by atoms with Gasteiger partial charge in [0.15, 0.2) is 5.78 Å². The number of ether oxygens (including phenoxy) is 1. The smallest absolute Gasteiger partial charge is 0.410 e. The van der Waals surface area contributed by atoms with Gasteiger partial charge in [-0.15, -0.1) is 0 Å². The number of nitrogens with one attached hydrogen (secondary N) is 1. The molecule has 3 N–H and O–H groups in total. The van der Waals surface area contributed by atoms with E-state index in [1.165, 1.54) is 5.56 Å². The number of ketones is 1. The standard InChI is InChI=1S/C31H34N4O3/c1-19-22(30(36)28-17-20-16-21(32)10-11-27(20)33-28)8-5-9-24-23-6-3-4-7-25(23)29(18-26(19)24)38-31(37)35-14-12-34(2)13-15-35/h3-4,6-7,10-11,16-19,22,33H,5,8-9,12-15,32H2,1-2H3. The molecule has 1 aromatic heterocycles. The zero-order valence-corrected chi connectivity index (χ0v) is 22.0. The zero-order chi connectivity index (χ0) is 26.4. The Hall–Kier alpha value is -3.84. The lowest BCUT2D eigenvalue weighted by atomic mass is 9.81. The number of H-pyrrole nitrogens is 1. The van der Waals surface area contributed by atoms with E-state index in [9.17, 15) is 9.59 Å². The number of nitrogens with zero attached hydrogens (tertiary/aromatic N) is 2. The van der Waals surface area contributed by atoms with Crippen molar-refractivity contribution in [2.24, 2.45) is 5.92 Å². The summed E-state index contributed by atoms with van der Waals surface area (Å²) in [5.74, 6) is 0.486. The van der Waals surface area contributed by atoms with Gasteiger partial charge in [0.2, 0.25) is 0 Å². The van der Waals surface area contributed by atoms with Gasteiger partial charge < -0.3 is 25.3 Å². The quantitative estimate of drug-likeness (QED) is 0.213. The van der Waals surface area contributed by atoms with Crippen LogP contribution in [0.2, 0.25) is 0 Å². The molecule has 4 aromatic rings. The summed E-state index contributed by atoms with van der Waals surface area (Å²) in [5.41, 5.74) is 10.5. The molecule has 7 heteroatoms. The largest absolute Gasteiger partial charge is 0.415 e. The number of fused-ring (bicyclic) bond motifs is 4. The fourth-order valence-electron chi connectivity index (χ4n) is 6.15. The lowest BCUT2D eigenvalue weighted by molar-refractivity contribution is 0.0892. The molecule has 0 spiro atoms. The summed E-state index contributed by atoms with van der Waals surface area (Å²) in [4.78, 5) is 34.2. The van der Waals surface area contributed by atoms with Crippen molar-refractivity contribution in [1.82, 2.24) is 14.8 Å². The highest BCUT2D eigenvalue weighted by Gasteiger charge is 2.33. The Balaban J connectivity index is 1.35. The molecule has 1 saturated heterocycles. The summed E-state index contributed by atoms with van der Waals surface area (Å²) in [5, 5.41) is 2.99. The number of amides is 1. The molecule has 0 bridgehead atoms.